The molecule has 0 saturated carbocycles. The molecule has 0 fully saturated rings. The Kier molecular flexibility index (Phi) is 7.00. The summed E-state index contributed by atoms with van der Waals surface area (Å²) in [5.74, 6) is 0.219. The van der Waals surface area contributed by atoms with Crippen LogP contribution in [0.1, 0.15) is 27.5 Å². The molecule has 8 heteroatoms. The predicted octanol–water partition coefficient (Wildman–Crippen LogP) is 4.12. The highest BCUT2D eigenvalue weighted by Gasteiger charge is 2.23. The van der Waals surface area contributed by atoms with Crippen molar-refractivity contribution >= 4 is 27.5 Å². The van der Waals surface area contributed by atoms with Crippen molar-refractivity contribution in [2.45, 2.75) is 10.9 Å². The Hall–Kier alpha value is -2.87. The number of nitrogens with zero attached hydrogens (tertiary/aromatic N) is 1. The maximum atomic E-state index is 13.2. The molecule has 1 N–H and O–H groups in total. The molecule has 0 saturated heterocycles. The van der Waals surface area contributed by atoms with Crippen LogP contribution in [-0.2, 0) is 10.0 Å². The maximum absolute atomic E-state index is 13.2. The molecule has 3 aromatic rings. The summed E-state index contributed by atoms with van der Waals surface area (Å²) in [4.78, 5) is 13.2. The number of nitrogens with one attached hydrogen (secondary N) is 1. The van der Waals surface area contributed by atoms with Gasteiger partial charge < -0.3 is 10.1 Å². The maximum Gasteiger partial charge on any atom is 0.253 e. The number of halogens is 1. The summed E-state index contributed by atoms with van der Waals surface area (Å²) in [6.45, 7) is 0. The molecule has 0 bridgehead atoms. The van der Waals surface area contributed by atoms with Crippen molar-refractivity contribution in [3.63, 3.8) is 0 Å². The van der Waals surface area contributed by atoms with Gasteiger partial charge in [0.25, 0.3) is 5.91 Å². The molecule has 0 aromatic heterocycles. The van der Waals surface area contributed by atoms with Crippen LogP contribution in [-0.4, -0.2) is 39.8 Å². The molecule has 1 amide bonds. The summed E-state index contributed by atoms with van der Waals surface area (Å²) in [5, 5.41) is 3.14. The van der Waals surface area contributed by atoms with E-state index in [2.05, 4.69) is 5.32 Å². The largest absolute Gasteiger partial charge is 0.497 e. The van der Waals surface area contributed by atoms with Gasteiger partial charge in [0.05, 0.1) is 28.6 Å². The Labute approximate surface area is 187 Å². The topological polar surface area (TPSA) is 75.7 Å². The standard InChI is InChI=1S/C23H23ClN2O4S/c1-26(2)31(28,29)19-13-14-21(24)20(15-19)23(27)25-22(16-7-5-4-6-8-16)17-9-11-18(30-3)12-10-17/h4-15,22H,1-3H3,(H,25,27). The number of ether oxygens (including phenoxy) is 1. The molecule has 1 unspecified atom stereocenters. The summed E-state index contributed by atoms with van der Waals surface area (Å²) in [6, 6.07) is 20.5. The summed E-state index contributed by atoms with van der Waals surface area (Å²) in [7, 11) is 0.735. The van der Waals surface area contributed by atoms with Gasteiger partial charge in [-0.15, -0.1) is 0 Å². The quantitative estimate of drug-likeness (QED) is 0.578. The number of benzene rings is 3. The van der Waals surface area contributed by atoms with E-state index >= 15 is 0 Å². The number of sulfonamides is 1. The number of carbonyl (C=O) groups is 1. The molecule has 0 heterocycles. The van der Waals surface area contributed by atoms with Crippen LogP contribution in [0, 0.1) is 0 Å². The Balaban J connectivity index is 1.99. The average molecular weight is 459 g/mol. The fourth-order valence-electron chi connectivity index (χ4n) is 3.06. The molecule has 0 aliphatic heterocycles. The summed E-state index contributed by atoms with van der Waals surface area (Å²) < 4.78 is 31.3. The monoisotopic (exact) mass is 458 g/mol. The number of carbonyl (C=O) groups excluding carboxylic acids is 1. The third-order valence-corrected chi connectivity index (χ3v) is 6.96. The smallest absolute Gasteiger partial charge is 0.253 e. The summed E-state index contributed by atoms with van der Waals surface area (Å²) >= 11 is 6.25. The van der Waals surface area contributed by atoms with Crippen LogP contribution in [0.15, 0.2) is 77.7 Å². The van der Waals surface area contributed by atoms with E-state index in [1.54, 1.807) is 7.11 Å². The van der Waals surface area contributed by atoms with Crippen molar-refractivity contribution in [2.75, 3.05) is 21.2 Å². The van der Waals surface area contributed by atoms with E-state index in [-0.39, 0.29) is 15.5 Å². The molecule has 3 rings (SSSR count). The Morgan fingerprint density at radius 1 is 0.968 bits per heavy atom. The second-order valence-electron chi connectivity index (χ2n) is 7.02. The molecular formula is C23H23ClN2O4S. The third-order valence-electron chi connectivity index (χ3n) is 4.82. The van der Waals surface area contributed by atoms with Gasteiger partial charge in [0.1, 0.15) is 5.75 Å². The van der Waals surface area contributed by atoms with Gasteiger partial charge in [0.15, 0.2) is 0 Å². The van der Waals surface area contributed by atoms with Gasteiger partial charge in [-0.25, -0.2) is 12.7 Å². The molecule has 3 aromatic carbocycles. The van der Waals surface area contributed by atoms with Crippen molar-refractivity contribution in [2.24, 2.45) is 0 Å². The Morgan fingerprint density at radius 2 is 1.58 bits per heavy atom. The van der Waals surface area contributed by atoms with E-state index in [1.807, 2.05) is 54.6 Å². The van der Waals surface area contributed by atoms with Crippen LogP contribution in [0.2, 0.25) is 5.02 Å². The summed E-state index contributed by atoms with van der Waals surface area (Å²) in [6.07, 6.45) is 0. The molecule has 0 radical (unpaired) electrons. The van der Waals surface area contributed by atoms with Crippen molar-refractivity contribution in [1.29, 1.82) is 0 Å². The van der Waals surface area contributed by atoms with Crippen molar-refractivity contribution in [1.82, 2.24) is 9.62 Å². The molecule has 6 nitrogen and oxygen atoms in total. The highest BCUT2D eigenvalue weighted by molar-refractivity contribution is 7.89. The zero-order valence-electron chi connectivity index (χ0n) is 17.4. The fourth-order valence-corrected chi connectivity index (χ4v) is 4.19. The van der Waals surface area contributed by atoms with Crippen molar-refractivity contribution in [3.05, 3.63) is 94.5 Å². The summed E-state index contributed by atoms with van der Waals surface area (Å²) in [5.41, 5.74) is 1.79. The van der Waals surface area contributed by atoms with E-state index in [0.717, 1.165) is 15.4 Å². The molecule has 0 spiro atoms. The van der Waals surface area contributed by atoms with E-state index in [4.69, 9.17) is 16.3 Å². The number of amides is 1. The molecule has 31 heavy (non-hydrogen) atoms. The second-order valence-corrected chi connectivity index (χ2v) is 9.58. The Bertz CT molecular complexity index is 1160. The van der Waals surface area contributed by atoms with Crippen LogP contribution in [0.4, 0.5) is 0 Å². The van der Waals surface area contributed by atoms with Gasteiger partial charge in [-0.05, 0) is 41.5 Å². The van der Waals surface area contributed by atoms with Gasteiger partial charge in [-0.2, -0.15) is 0 Å². The first kappa shape index (κ1) is 22.8. The van der Waals surface area contributed by atoms with E-state index in [0.29, 0.717) is 5.75 Å². The zero-order valence-corrected chi connectivity index (χ0v) is 18.9. The molecular weight excluding hydrogens is 436 g/mol. The van der Waals surface area contributed by atoms with Crippen LogP contribution >= 0.6 is 11.6 Å². The number of hydrogen-bond acceptors (Lipinski definition) is 4. The van der Waals surface area contributed by atoms with Gasteiger partial charge in [-0.1, -0.05) is 54.1 Å². The predicted molar refractivity (Wildman–Crippen MR) is 121 cm³/mol. The zero-order chi connectivity index (χ0) is 22.6. The van der Waals surface area contributed by atoms with Gasteiger partial charge >= 0.3 is 0 Å². The minimum Gasteiger partial charge on any atom is -0.497 e. The van der Waals surface area contributed by atoms with E-state index in [1.165, 1.54) is 32.3 Å². The second kappa shape index (κ2) is 9.51. The highest BCUT2D eigenvalue weighted by Crippen LogP contribution is 2.27. The van der Waals surface area contributed by atoms with Gasteiger partial charge in [-0.3, -0.25) is 4.79 Å². The first-order valence-corrected chi connectivity index (χ1v) is 11.3. The highest BCUT2D eigenvalue weighted by atomic mass is 35.5. The van der Waals surface area contributed by atoms with Crippen LogP contribution < -0.4 is 10.1 Å². The van der Waals surface area contributed by atoms with E-state index < -0.39 is 22.0 Å². The first-order valence-electron chi connectivity index (χ1n) is 9.46. The molecule has 0 aliphatic rings. The van der Waals surface area contributed by atoms with Crippen LogP contribution in [0.25, 0.3) is 0 Å². The lowest BCUT2D eigenvalue weighted by Crippen LogP contribution is -2.30. The lowest BCUT2D eigenvalue weighted by atomic mass is 9.98. The number of methoxy groups -OCH3 is 1. The number of hydrogen-bond donors (Lipinski definition) is 1. The minimum absolute atomic E-state index is 0.00671. The Morgan fingerprint density at radius 3 is 2.16 bits per heavy atom. The molecule has 162 valence electrons. The third kappa shape index (κ3) is 5.07. The average Bonchev–Trinajstić information content (AvgIpc) is 2.78. The first-order chi connectivity index (χ1) is 14.7. The lowest BCUT2D eigenvalue weighted by Gasteiger charge is -2.21. The normalized spacial score (nSPS) is 12.4. The van der Waals surface area contributed by atoms with Gasteiger partial charge in [0.2, 0.25) is 10.0 Å². The van der Waals surface area contributed by atoms with Crippen LogP contribution in [0.5, 0.6) is 5.75 Å². The lowest BCUT2D eigenvalue weighted by molar-refractivity contribution is 0.0943. The van der Waals surface area contributed by atoms with Gasteiger partial charge in [0, 0.05) is 14.1 Å². The van der Waals surface area contributed by atoms with Crippen LogP contribution in [0.3, 0.4) is 0 Å². The SMILES string of the molecule is COc1ccc(C(NC(=O)c2cc(S(=O)(=O)N(C)C)ccc2Cl)c2ccccc2)cc1. The minimum atomic E-state index is -3.71. The molecule has 0 aliphatic carbocycles. The fraction of sp³-hybridized carbons (Fsp3) is 0.174. The van der Waals surface area contributed by atoms with Crippen molar-refractivity contribution < 1.29 is 17.9 Å². The molecule has 1 atom stereocenters. The number of rotatable bonds is 7. The van der Waals surface area contributed by atoms with Crippen molar-refractivity contribution in [3.8, 4) is 5.75 Å². The van der Waals surface area contributed by atoms with E-state index in [9.17, 15) is 13.2 Å².